The van der Waals surface area contributed by atoms with E-state index in [0.29, 0.717) is 6.42 Å². The lowest BCUT2D eigenvalue weighted by molar-refractivity contribution is -0.310. The van der Waals surface area contributed by atoms with Crippen LogP contribution in [0.25, 0.3) is 0 Å². The van der Waals surface area contributed by atoms with E-state index in [-0.39, 0.29) is 41.9 Å². The van der Waals surface area contributed by atoms with Crippen LogP contribution in [0.2, 0.25) is 0 Å². The molecule has 1 aliphatic carbocycles. The Bertz CT molecular complexity index is 382. The van der Waals surface area contributed by atoms with E-state index in [9.17, 15) is 19.1 Å². The molecule has 0 heterocycles. The Kier molecular flexibility index (Phi) is 8.37. The van der Waals surface area contributed by atoms with Crippen molar-refractivity contribution in [3.63, 3.8) is 0 Å². The van der Waals surface area contributed by atoms with Crippen LogP contribution in [0, 0.1) is 5.92 Å². The predicted molar refractivity (Wildman–Crippen MR) is 71.6 cm³/mol. The van der Waals surface area contributed by atoms with Gasteiger partial charge in [0.25, 0.3) is 0 Å². The van der Waals surface area contributed by atoms with Crippen LogP contribution < -0.4 is 33.1 Å². The lowest BCUT2D eigenvalue weighted by atomic mass is 9.84. The number of hydrogen-bond donors (Lipinski definition) is 4. The first-order valence-electron chi connectivity index (χ1n) is 5.46. The molecule has 0 aliphatic heterocycles. The summed E-state index contributed by atoms with van der Waals surface area (Å²) in [5.74, 6) is -0.202. The molecule has 1 rings (SSSR count). The van der Waals surface area contributed by atoms with Crippen LogP contribution in [0.4, 0.5) is 0 Å². The van der Waals surface area contributed by atoms with Crippen LogP contribution in [0.3, 0.4) is 0 Å². The molecule has 0 spiro atoms. The van der Waals surface area contributed by atoms with E-state index in [0.717, 1.165) is 0 Å². The molecule has 9 heteroatoms. The Labute approximate surface area is 113 Å². The van der Waals surface area contributed by atoms with Crippen LogP contribution in [0.1, 0.15) is 26.7 Å². The average molecular weight is 296 g/mol. The van der Waals surface area contributed by atoms with Gasteiger partial charge in [-0.1, -0.05) is 6.08 Å². The Morgan fingerprint density at radius 3 is 2.42 bits per heavy atom. The smallest absolute Gasteiger partial charge is 0.217 e. The first kappa shape index (κ1) is 20.6. The molecule has 0 saturated heterocycles. The zero-order valence-electron chi connectivity index (χ0n) is 11.9. The lowest BCUT2D eigenvalue weighted by Crippen LogP contribution is -2.46. The van der Waals surface area contributed by atoms with Crippen LogP contribution >= 0.6 is 7.60 Å². The summed E-state index contributed by atoms with van der Waals surface area (Å²) in [7, 11) is -4.67. The SMILES string of the molecule is CC(=O)N[C@@H](C)[C@H]1CC=C(P(=O)([O-])[O-])C[C@@H]1N.[NH4+].[NH4+]. The molecule has 0 saturated carbocycles. The van der Waals surface area contributed by atoms with Gasteiger partial charge in [-0.15, -0.1) is 0 Å². The summed E-state index contributed by atoms with van der Waals surface area (Å²) in [5.41, 5.74) is 5.85. The van der Waals surface area contributed by atoms with Crippen molar-refractivity contribution in [2.24, 2.45) is 11.7 Å². The van der Waals surface area contributed by atoms with E-state index in [1.807, 2.05) is 6.92 Å². The number of nitrogens with two attached hydrogens (primary N) is 1. The highest BCUT2D eigenvalue weighted by Crippen LogP contribution is 2.42. The molecule has 1 aliphatic rings. The number of amides is 1. The molecule has 1 amide bonds. The Hall–Kier alpha value is -0.760. The van der Waals surface area contributed by atoms with Gasteiger partial charge < -0.3 is 37.7 Å². The monoisotopic (exact) mass is 296 g/mol. The van der Waals surface area contributed by atoms with Crippen LogP contribution in [0.5, 0.6) is 0 Å². The van der Waals surface area contributed by atoms with Crippen LogP contribution in [-0.2, 0) is 9.36 Å². The van der Waals surface area contributed by atoms with Gasteiger partial charge in [-0.3, -0.25) is 4.79 Å². The highest BCUT2D eigenvalue weighted by Gasteiger charge is 2.28. The molecule has 0 aromatic heterocycles. The molecular weight excluding hydrogens is 271 g/mol. The summed E-state index contributed by atoms with van der Waals surface area (Å²) >= 11 is 0. The number of carbonyl (C=O) groups excluding carboxylic acids is 1. The third-order valence-electron chi connectivity index (χ3n) is 3.05. The number of rotatable bonds is 3. The molecule has 0 unspecified atom stereocenters. The van der Waals surface area contributed by atoms with Gasteiger partial charge in [0, 0.05) is 19.0 Å². The van der Waals surface area contributed by atoms with Crippen molar-refractivity contribution in [3.05, 3.63) is 11.4 Å². The molecule has 3 atom stereocenters. The van der Waals surface area contributed by atoms with E-state index < -0.39 is 13.6 Å². The molecule has 0 bridgehead atoms. The quantitative estimate of drug-likeness (QED) is 0.523. The normalized spacial score (nSPS) is 24.4. The molecular formula is C10H25N4O4P. The Morgan fingerprint density at radius 1 is 1.53 bits per heavy atom. The average Bonchev–Trinajstić information content (AvgIpc) is 2.14. The van der Waals surface area contributed by atoms with E-state index in [1.54, 1.807) is 0 Å². The van der Waals surface area contributed by atoms with Crippen molar-refractivity contribution in [3.8, 4) is 0 Å². The molecule has 8 nitrogen and oxygen atoms in total. The van der Waals surface area contributed by atoms with E-state index in [4.69, 9.17) is 5.73 Å². The van der Waals surface area contributed by atoms with Gasteiger partial charge in [-0.2, -0.15) is 0 Å². The maximum Gasteiger partial charge on any atom is 0.217 e. The van der Waals surface area contributed by atoms with Crippen LogP contribution in [-0.4, -0.2) is 18.0 Å². The van der Waals surface area contributed by atoms with Gasteiger partial charge >= 0.3 is 0 Å². The van der Waals surface area contributed by atoms with Crippen LogP contribution in [0.15, 0.2) is 11.4 Å². The summed E-state index contributed by atoms with van der Waals surface area (Å²) in [5, 5.41) is 2.61. The summed E-state index contributed by atoms with van der Waals surface area (Å²) in [6.07, 6.45) is 1.87. The van der Waals surface area contributed by atoms with Crippen molar-refractivity contribution < 1.29 is 19.1 Å². The fourth-order valence-corrected chi connectivity index (χ4v) is 2.91. The van der Waals surface area contributed by atoms with Gasteiger partial charge in [-0.25, -0.2) is 0 Å². The fourth-order valence-electron chi connectivity index (χ4n) is 2.15. The zero-order valence-corrected chi connectivity index (χ0v) is 12.8. The van der Waals surface area contributed by atoms with E-state index >= 15 is 0 Å². The first-order valence-corrected chi connectivity index (χ1v) is 7.00. The maximum atomic E-state index is 10.9. The second kappa shape index (κ2) is 7.74. The van der Waals surface area contributed by atoms with Gasteiger partial charge in [0.2, 0.25) is 5.91 Å². The molecule has 0 radical (unpaired) electrons. The third-order valence-corrected chi connectivity index (χ3v) is 4.11. The largest absolute Gasteiger partial charge is 0.808 e. The maximum absolute atomic E-state index is 10.9. The molecule has 19 heavy (non-hydrogen) atoms. The lowest BCUT2D eigenvalue weighted by Gasteiger charge is -2.40. The number of allylic oxidation sites excluding steroid dienone is 1. The van der Waals surface area contributed by atoms with Crippen molar-refractivity contribution in [1.29, 1.82) is 0 Å². The molecule has 11 N–H and O–H groups in total. The summed E-state index contributed by atoms with van der Waals surface area (Å²) < 4.78 is 10.9. The van der Waals surface area contributed by atoms with E-state index in [1.165, 1.54) is 13.0 Å². The van der Waals surface area contributed by atoms with Crippen molar-refractivity contribution in [1.82, 2.24) is 17.6 Å². The Morgan fingerprint density at radius 2 is 2.05 bits per heavy atom. The third kappa shape index (κ3) is 5.82. The predicted octanol–water partition coefficient (Wildman–Crippen LogP) is -0.202. The zero-order chi connectivity index (χ0) is 13.2. The Balaban J connectivity index is 0. The summed E-state index contributed by atoms with van der Waals surface area (Å²) in [6.45, 7) is 3.23. The molecule has 114 valence electrons. The van der Waals surface area contributed by atoms with Crippen molar-refractivity contribution >= 4 is 13.5 Å². The molecule has 0 aromatic rings. The second-order valence-corrected chi connectivity index (χ2v) is 6.02. The number of carbonyl (C=O) groups is 1. The second-order valence-electron chi connectivity index (χ2n) is 4.45. The summed E-state index contributed by atoms with van der Waals surface area (Å²) in [6, 6.07) is -0.564. The minimum Gasteiger partial charge on any atom is -0.808 e. The van der Waals surface area contributed by atoms with E-state index in [2.05, 4.69) is 5.32 Å². The van der Waals surface area contributed by atoms with Crippen molar-refractivity contribution in [2.75, 3.05) is 0 Å². The minimum absolute atomic E-state index is 0. The van der Waals surface area contributed by atoms with Crippen molar-refractivity contribution in [2.45, 2.75) is 38.8 Å². The van der Waals surface area contributed by atoms with Gasteiger partial charge in [0.15, 0.2) is 0 Å². The number of hydrogen-bond acceptors (Lipinski definition) is 5. The standard InChI is InChI=1S/C10H19N2O4P.2H3N/c1-6(12-7(2)13)9-4-3-8(5-10(9)11)17(14,15)16;;/h3,6,9-10H,4-5,11H2,1-2H3,(H,12,13)(H2,14,15,16);2*1H3/t6-,9+,10-;;/m0../s1. The molecule has 0 fully saturated rings. The summed E-state index contributed by atoms with van der Waals surface area (Å²) in [4.78, 5) is 32.6. The number of nitrogens with one attached hydrogen (secondary N) is 1. The van der Waals surface area contributed by atoms with Gasteiger partial charge in [-0.05, 0) is 38.6 Å². The highest BCUT2D eigenvalue weighted by molar-refractivity contribution is 7.53. The topological polar surface area (TPSA) is 191 Å². The first-order chi connectivity index (χ1) is 7.71. The van der Waals surface area contributed by atoms with Gasteiger partial charge in [0.05, 0.1) is 0 Å². The van der Waals surface area contributed by atoms with Gasteiger partial charge in [0.1, 0.15) is 0 Å². The highest BCUT2D eigenvalue weighted by atomic mass is 31.2. The fraction of sp³-hybridized carbons (Fsp3) is 0.700. The molecule has 0 aromatic carbocycles. The number of quaternary nitrogens is 2. The minimum atomic E-state index is -4.67.